The molecule has 0 fully saturated rings. The summed E-state index contributed by atoms with van der Waals surface area (Å²) in [5, 5.41) is 15.3. The average molecular weight is 374 g/mol. The highest BCUT2D eigenvalue weighted by molar-refractivity contribution is 6.42. The molecule has 0 aliphatic carbocycles. The lowest BCUT2D eigenvalue weighted by atomic mass is 9.95. The summed E-state index contributed by atoms with van der Waals surface area (Å²) in [5.41, 5.74) is 3.23. The molecule has 1 heterocycles. The van der Waals surface area contributed by atoms with E-state index >= 15 is 0 Å². The van der Waals surface area contributed by atoms with Crippen LogP contribution in [0.1, 0.15) is 0 Å². The zero-order valence-electron chi connectivity index (χ0n) is 14.0. The summed E-state index contributed by atoms with van der Waals surface area (Å²) in [6, 6.07) is 22.1. The topological polar surface area (TPSA) is 56.3 Å². The van der Waals surface area contributed by atoms with Crippen LogP contribution in [0.4, 0.5) is 5.69 Å². The normalized spacial score (nSPS) is 11.4. The number of hydrogen-bond acceptors (Lipinski definition) is 3. The highest BCUT2D eigenvalue weighted by Crippen LogP contribution is 2.46. The standard InChI is InChI=1S/C22H12ClNO3/c23-21-15-5-1-2-6-16(15)22-20(17-7-3-4-8-18(17)27-22)19(21)13-9-11-14(12-10-13)24(25)26/h1-12H. The van der Waals surface area contributed by atoms with E-state index in [9.17, 15) is 10.1 Å². The Labute approximate surface area is 158 Å². The second kappa shape index (κ2) is 5.83. The van der Waals surface area contributed by atoms with Crippen LogP contribution in [0.25, 0.3) is 43.8 Å². The van der Waals surface area contributed by atoms with Gasteiger partial charge in [0, 0.05) is 39.2 Å². The van der Waals surface area contributed by atoms with Gasteiger partial charge >= 0.3 is 0 Å². The summed E-state index contributed by atoms with van der Waals surface area (Å²) in [6.07, 6.45) is 0. The lowest BCUT2D eigenvalue weighted by Crippen LogP contribution is -1.89. The molecular formula is C22H12ClNO3. The van der Waals surface area contributed by atoms with Gasteiger partial charge in [-0.25, -0.2) is 0 Å². The third kappa shape index (κ3) is 2.31. The van der Waals surface area contributed by atoms with Gasteiger partial charge in [0.1, 0.15) is 11.2 Å². The number of halogens is 1. The van der Waals surface area contributed by atoms with Crippen molar-refractivity contribution in [3.8, 4) is 11.1 Å². The number of para-hydroxylation sites is 1. The highest BCUT2D eigenvalue weighted by atomic mass is 35.5. The van der Waals surface area contributed by atoms with Gasteiger partial charge in [-0.3, -0.25) is 10.1 Å². The van der Waals surface area contributed by atoms with Crippen molar-refractivity contribution in [2.45, 2.75) is 0 Å². The number of furan rings is 1. The van der Waals surface area contributed by atoms with Crippen LogP contribution < -0.4 is 0 Å². The zero-order valence-corrected chi connectivity index (χ0v) is 14.7. The molecule has 0 saturated heterocycles. The van der Waals surface area contributed by atoms with Crippen LogP contribution in [0.2, 0.25) is 5.02 Å². The summed E-state index contributed by atoms with van der Waals surface area (Å²) in [5.74, 6) is 0. The van der Waals surface area contributed by atoms with Gasteiger partial charge in [-0.15, -0.1) is 0 Å². The minimum absolute atomic E-state index is 0.0453. The van der Waals surface area contributed by atoms with Crippen LogP contribution in [0.3, 0.4) is 0 Å². The van der Waals surface area contributed by atoms with E-state index in [-0.39, 0.29) is 5.69 Å². The van der Waals surface area contributed by atoms with Crippen molar-refractivity contribution in [2.75, 3.05) is 0 Å². The number of benzene rings is 4. The SMILES string of the molecule is O=[N+]([O-])c1ccc(-c2c(Cl)c3ccccc3c3oc4ccccc4c23)cc1. The molecule has 4 nitrogen and oxygen atoms in total. The molecule has 27 heavy (non-hydrogen) atoms. The molecule has 130 valence electrons. The number of hydrogen-bond donors (Lipinski definition) is 0. The average Bonchev–Trinajstić information content (AvgIpc) is 3.08. The smallest absolute Gasteiger partial charge is 0.269 e. The van der Waals surface area contributed by atoms with E-state index in [1.54, 1.807) is 12.1 Å². The first-order valence-corrected chi connectivity index (χ1v) is 8.79. The predicted octanol–water partition coefficient (Wildman–Crippen LogP) is 6.97. The van der Waals surface area contributed by atoms with E-state index in [2.05, 4.69) is 0 Å². The van der Waals surface area contributed by atoms with E-state index in [1.165, 1.54) is 12.1 Å². The molecule has 5 rings (SSSR count). The molecule has 0 N–H and O–H groups in total. The number of rotatable bonds is 2. The van der Waals surface area contributed by atoms with Crippen LogP contribution in [-0.2, 0) is 0 Å². The Hall–Kier alpha value is -3.37. The fourth-order valence-electron chi connectivity index (χ4n) is 3.62. The van der Waals surface area contributed by atoms with Crippen LogP contribution in [-0.4, -0.2) is 4.92 Å². The second-order valence-corrected chi connectivity index (χ2v) is 6.72. The highest BCUT2D eigenvalue weighted by Gasteiger charge is 2.20. The minimum Gasteiger partial charge on any atom is -0.455 e. The maximum absolute atomic E-state index is 11.0. The van der Waals surface area contributed by atoms with Gasteiger partial charge in [0.15, 0.2) is 0 Å². The predicted molar refractivity (Wildman–Crippen MR) is 108 cm³/mol. The van der Waals surface area contributed by atoms with Crippen molar-refractivity contribution in [1.82, 2.24) is 0 Å². The van der Waals surface area contributed by atoms with Crippen molar-refractivity contribution < 1.29 is 9.34 Å². The zero-order chi connectivity index (χ0) is 18.5. The maximum atomic E-state index is 11.0. The third-order valence-corrected chi connectivity index (χ3v) is 5.23. The third-order valence-electron chi connectivity index (χ3n) is 4.84. The van der Waals surface area contributed by atoms with Crippen molar-refractivity contribution in [3.05, 3.63) is 87.9 Å². The largest absolute Gasteiger partial charge is 0.455 e. The van der Waals surface area contributed by atoms with Gasteiger partial charge in [0.25, 0.3) is 5.69 Å². The maximum Gasteiger partial charge on any atom is 0.269 e. The molecule has 5 heteroatoms. The van der Waals surface area contributed by atoms with Gasteiger partial charge in [-0.05, 0) is 23.8 Å². The molecule has 0 bridgehead atoms. The van der Waals surface area contributed by atoms with E-state index in [4.69, 9.17) is 16.0 Å². The van der Waals surface area contributed by atoms with Crippen LogP contribution >= 0.6 is 11.6 Å². The Morgan fingerprint density at radius 3 is 2.15 bits per heavy atom. The Bertz CT molecular complexity index is 1350. The van der Waals surface area contributed by atoms with Gasteiger partial charge < -0.3 is 4.42 Å². The van der Waals surface area contributed by atoms with E-state index in [0.29, 0.717) is 5.02 Å². The monoisotopic (exact) mass is 373 g/mol. The van der Waals surface area contributed by atoms with Crippen LogP contribution in [0.15, 0.2) is 77.2 Å². The quantitative estimate of drug-likeness (QED) is 0.248. The Balaban J connectivity index is 1.97. The molecule has 0 amide bonds. The summed E-state index contributed by atoms with van der Waals surface area (Å²) in [4.78, 5) is 10.6. The number of nitrogens with zero attached hydrogens (tertiary/aromatic N) is 1. The molecule has 0 aliphatic heterocycles. The first-order chi connectivity index (χ1) is 13.1. The molecule has 0 unspecified atom stereocenters. The molecule has 0 saturated carbocycles. The van der Waals surface area contributed by atoms with E-state index in [1.807, 2.05) is 48.5 Å². The molecule has 1 aromatic heterocycles. The van der Waals surface area contributed by atoms with Crippen molar-refractivity contribution in [1.29, 1.82) is 0 Å². The minimum atomic E-state index is -0.408. The molecule has 0 atom stereocenters. The van der Waals surface area contributed by atoms with Gasteiger partial charge in [-0.2, -0.15) is 0 Å². The first-order valence-electron chi connectivity index (χ1n) is 8.41. The number of non-ortho nitro benzene ring substituents is 1. The summed E-state index contributed by atoms with van der Waals surface area (Å²) in [7, 11) is 0. The molecule has 0 spiro atoms. The summed E-state index contributed by atoms with van der Waals surface area (Å²) in [6.45, 7) is 0. The Kier molecular flexibility index (Phi) is 3.42. The number of nitro groups is 1. The Morgan fingerprint density at radius 1 is 0.815 bits per heavy atom. The second-order valence-electron chi connectivity index (χ2n) is 6.34. The van der Waals surface area contributed by atoms with Crippen LogP contribution in [0.5, 0.6) is 0 Å². The fraction of sp³-hybridized carbons (Fsp3) is 0. The first kappa shape index (κ1) is 15.9. The molecule has 0 aliphatic rings. The van der Waals surface area contributed by atoms with Crippen molar-refractivity contribution in [2.24, 2.45) is 0 Å². The fourth-order valence-corrected chi connectivity index (χ4v) is 3.99. The van der Waals surface area contributed by atoms with Crippen molar-refractivity contribution in [3.63, 3.8) is 0 Å². The van der Waals surface area contributed by atoms with Gasteiger partial charge in [-0.1, -0.05) is 54.1 Å². The Morgan fingerprint density at radius 2 is 1.44 bits per heavy atom. The van der Waals surface area contributed by atoms with Gasteiger partial charge in [0.05, 0.1) is 9.95 Å². The molecule has 0 radical (unpaired) electrons. The van der Waals surface area contributed by atoms with E-state index < -0.39 is 4.92 Å². The molecule has 5 aromatic rings. The number of fused-ring (bicyclic) bond motifs is 5. The van der Waals surface area contributed by atoms with Gasteiger partial charge in [0.2, 0.25) is 0 Å². The van der Waals surface area contributed by atoms with E-state index in [0.717, 1.165) is 43.8 Å². The van der Waals surface area contributed by atoms with Crippen molar-refractivity contribution >= 4 is 50.0 Å². The summed E-state index contributed by atoms with van der Waals surface area (Å²) >= 11 is 6.84. The van der Waals surface area contributed by atoms with Crippen LogP contribution in [0, 0.1) is 10.1 Å². The lowest BCUT2D eigenvalue weighted by Gasteiger charge is -2.11. The number of nitro benzene ring substituents is 1. The summed E-state index contributed by atoms with van der Waals surface area (Å²) < 4.78 is 6.18. The lowest BCUT2D eigenvalue weighted by molar-refractivity contribution is -0.384. The molecular weight excluding hydrogens is 362 g/mol. The molecule has 4 aromatic carbocycles.